The highest BCUT2D eigenvalue weighted by atomic mass is 35.5. The van der Waals surface area contributed by atoms with Crippen LogP contribution >= 0.6 is 22.9 Å². The van der Waals surface area contributed by atoms with Gasteiger partial charge in [0.2, 0.25) is 0 Å². The Kier molecular flexibility index (Phi) is 4.30. The van der Waals surface area contributed by atoms with E-state index in [1.165, 1.54) is 16.2 Å². The molecule has 6 heteroatoms. The fourth-order valence-corrected chi connectivity index (χ4v) is 5.01. The maximum Gasteiger partial charge on any atom is 0.253 e. The van der Waals surface area contributed by atoms with Crippen LogP contribution in [0.15, 0.2) is 6.07 Å². The zero-order chi connectivity index (χ0) is 15.2. The third kappa shape index (κ3) is 3.26. The monoisotopic (exact) mass is 335 g/mol. The zero-order valence-corrected chi connectivity index (χ0v) is 13.5. The van der Waals surface area contributed by atoms with Crippen LogP contribution in [0.4, 0.5) is 8.78 Å². The molecule has 1 aromatic rings. The van der Waals surface area contributed by atoms with Gasteiger partial charge < -0.3 is 10.4 Å². The highest BCUT2D eigenvalue weighted by Gasteiger charge is 2.61. The van der Waals surface area contributed by atoms with Gasteiger partial charge in [0.1, 0.15) is 0 Å². The highest BCUT2D eigenvalue weighted by Crippen LogP contribution is 2.53. The Balaban J connectivity index is 1.78. The summed E-state index contributed by atoms with van der Waals surface area (Å²) in [6, 6.07) is 2.02. The molecule has 1 saturated carbocycles. The summed E-state index contributed by atoms with van der Waals surface area (Å²) in [7, 11) is 0. The number of aliphatic hydroxyl groups is 1. The van der Waals surface area contributed by atoms with E-state index in [-0.39, 0.29) is 31.0 Å². The predicted octanol–water partition coefficient (Wildman–Crippen LogP) is 3.82. The molecule has 21 heavy (non-hydrogen) atoms. The fraction of sp³-hybridized carbons (Fsp3) is 0.733. The number of rotatable bonds is 4. The third-order valence-electron chi connectivity index (χ3n) is 4.60. The number of nitrogens with one attached hydrogen (secondary N) is 1. The standard InChI is InChI=1S/C15H20ClF2NOS/c1-8-4-10(5-12(19-8)11-7-15(11,17)18)14-9(2-3-20)6-13(16)21-14/h6,8,10-12,19-20H,2-5,7H2,1H3. The maximum absolute atomic E-state index is 13.4. The number of thiophene rings is 1. The Morgan fingerprint density at radius 2 is 2.19 bits per heavy atom. The van der Waals surface area contributed by atoms with E-state index in [1.807, 2.05) is 6.07 Å². The van der Waals surface area contributed by atoms with Crippen molar-refractivity contribution < 1.29 is 13.9 Å². The van der Waals surface area contributed by atoms with Crippen LogP contribution in [0.3, 0.4) is 0 Å². The lowest BCUT2D eigenvalue weighted by atomic mass is 9.84. The SMILES string of the molecule is CC1CC(c2sc(Cl)cc2CCO)CC(C2CC2(F)F)N1. The molecule has 1 saturated heterocycles. The fourth-order valence-electron chi connectivity index (χ4n) is 3.57. The van der Waals surface area contributed by atoms with Crippen LogP contribution in [0.25, 0.3) is 0 Å². The van der Waals surface area contributed by atoms with Gasteiger partial charge in [-0.15, -0.1) is 11.3 Å². The van der Waals surface area contributed by atoms with E-state index in [0.717, 1.165) is 18.4 Å². The van der Waals surface area contributed by atoms with Gasteiger partial charge in [-0.1, -0.05) is 11.6 Å². The van der Waals surface area contributed by atoms with Crippen molar-refractivity contribution in [3.63, 3.8) is 0 Å². The van der Waals surface area contributed by atoms with Gasteiger partial charge in [-0.2, -0.15) is 0 Å². The van der Waals surface area contributed by atoms with Crippen molar-refractivity contribution in [1.29, 1.82) is 0 Å². The Hall–Kier alpha value is -0.230. The van der Waals surface area contributed by atoms with Crippen LogP contribution in [0.1, 0.15) is 42.5 Å². The third-order valence-corrected chi connectivity index (χ3v) is 6.07. The van der Waals surface area contributed by atoms with E-state index in [9.17, 15) is 13.9 Å². The molecular formula is C15H20ClF2NOS. The molecule has 0 amide bonds. The van der Waals surface area contributed by atoms with Crippen molar-refractivity contribution in [3.8, 4) is 0 Å². The minimum Gasteiger partial charge on any atom is -0.396 e. The number of hydrogen-bond donors (Lipinski definition) is 2. The summed E-state index contributed by atoms with van der Waals surface area (Å²) in [5.41, 5.74) is 1.08. The minimum absolute atomic E-state index is 0.0127. The van der Waals surface area contributed by atoms with Crippen molar-refractivity contribution in [2.75, 3.05) is 6.61 Å². The molecule has 2 fully saturated rings. The van der Waals surface area contributed by atoms with E-state index >= 15 is 0 Å². The first-order valence-corrected chi connectivity index (χ1v) is 8.63. The quantitative estimate of drug-likeness (QED) is 0.876. The summed E-state index contributed by atoms with van der Waals surface area (Å²) in [5.74, 6) is -2.73. The summed E-state index contributed by atoms with van der Waals surface area (Å²) in [4.78, 5) is 1.18. The second-order valence-electron chi connectivity index (χ2n) is 6.33. The normalized spacial score (nSPS) is 34.9. The molecule has 3 rings (SSSR count). The van der Waals surface area contributed by atoms with Crippen LogP contribution in [-0.2, 0) is 6.42 Å². The molecule has 1 aliphatic carbocycles. The molecule has 0 spiro atoms. The second kappa shape index (κ2) is 5.76. The van der Waals surface area contributed by atoms with Gasteiger partial charge in [-0.05, 0) is 43.7 Å². The zero-order valence-electron chi connectivity index (χ0n) is 11.9. The van der Waals surface area contributed by atoms with Crippen LogP contribution in [0, 0.1) is 5.92 Å². The van der Waals surface area contributed by atoms with Gasteiger partial charge in [0.05, 0.1) is 4.34 Å². The molecule has 2 heterocycles. The first-order valence-electron chi connectivity index (χ1n) is 7.43. The largest absolute Gasteiger partial charge is 0.396 e. The Morgan fingerprint density at radius 3 is 2.81 bits per heavy atom. The summed E-state index contributed by atoms with van der Waals surface area (Å²) in [6.07, 6.45) is 2.27. The van der Waals surface area contributed by atoms with Crippen molar-refractivity contribution in [2.24, 2.45) is 5.92 Å². The lowest BCUT2D eigenvalue weighted by molar-refractivity contribution is 0.0825. The highest BCUT2D eigenvalue weighted by molar-refractivity contribution is 7.16. The van der Waals surface area contributed by atoms with Crippen LogP contribution in [0.5, 0.6) is 0 Å². The number of alkyl halides is 2. The molecule has 2 aliphatic rings. The van der Waals surface area contributed by atoms with Gasteiger partial charge >= 0.3 is 0 Å². The minimum atomic E-state index is -2.49. The van der Waals surface area contributed by atoms with E-state index < -0.39 is 11.8 Å². The lowest BCUT2D eigenvalue weighted by Gasteiger charge is -2.35. The number of piperidine rings is 1. The average Bonchev–Trinajstić information content (AvgIpc) is 2.87. The van der Waals surface area contributed by atoms with Gasteiger partial charge in [0.15, 0.2) is 0 Å². The summed E-state index contributed by atoms with van der Waals surface area (Å²) >= 11 is 7.65. The topological polar surface area (TPSA) is 32.3 Å². The predicted molar refractivity (Wildman–Crippen MR) is 81.5 cm³/mol. The van der Waals surface area contributed by atoms with E-state index in [4.69, 9.17) is 11.6 Å². The molecule has 0 aromatic carbocycles. The van der Waals surface area contributed by atoms with Gasteiger partial charge in [-0.25, -0.2) is 8.78 Å². The van der Waals surface area contributed by atoms with Gasteiger partial charge in [-0.3, -0.25) is 0 Å². The average molecular weight is 336 g/mol. The smallest absolute Gasteiger partial charge is 0.253 e. The number of hydrogen-bond acceptors (Lipinski definition) is 3. The van der Waals surface area contributed by atoms with Crippen molar-refractivity contribution >= 4 is 22.9 Å². The molecule has 4 atom stereocenters. The molecule has 0 bridgehead atoms. The molecule has 0 radical (unpaired) electrons. The maximum atomic E-state index is 13.4. The Labute approximate surface area is 132 Å². The molecule has 4 unspecified atom stereocenters. The molecule has 1 aromatic heterocycles. The summed E-state index contributed by atoms with van der Waals surface area (Å²) < 4.78 is 27.4. The van der Waals surface area contributed by atoms with E-state index in [0.29, 0.717) is 10.8 Å². The summed E-state index contributed by atoms with van der Waals surface area (Å²) in [5, 5.41) is 12.5. The molecule has 2 N–H and O–H groups in total. The van der Waals surface area contributed by atoms with Crippen LogP contribution < -0.4 is 5.32 Å². The van der Waals surface area contributed by atoms with Crippen LogP contribution in [0.2, 0.25) is 4.34 Å². The van der Waals surface area contributed by atoms with Crippen LogP contribution in [-0.4, -0.2) is 29.7 Å². The molecule has 118 valence electrons. The Morgan fingerprint density at radius 1 is 1.48 bits per heavy atom. The molecular weight excluding hydrogens is 316 g/mol. The van der Waals surface area contributed by atoms with Crippen molar-refractivity contribution in [3.05, 3.63) is 20.8 Å². The molecule has 1 aliphatic heterocycles. The Bertz CT molecular complexity index is 522. The van der Waals surface area contributed by atoms with Crippen molar-refractivity contribution in [2.45, 2.75) is 56.5 Å². The molecule has 2 nitrogen and oxygen atoms in total. The number of aliphatic hydroxyl groups excluding tert-OH is 1. The van der Waals surface area contributed by atoms with Gasteiger partial charge in [0.25, 0.3) is 5.92 Å². The summed E-state index contributed by atoms with van der Waals surface area (Å²) in [6.45, 7) is 2.14. The van der Waals surface area contributed by atoms with E-state index in [1.54, 1.807) is 0 Å². The van der Waals surface area contributed by atoms with Crippen molar-refractivity contribution in [1.82, 2.24) is 5.32 Å². The second-order valence-corrected chi connectivity index (χ2v) is 8.04. The van der Waals surface area contributed by atoms with Gasteiger partial charge in [0, 0.05) is 35.9 Å². The number of halogens is 3. The lowest BCUT2D eigenvalue weighted by Crippen LogP contribution is -2.45. The first kappa shape index (κ1) is 15.7. The first-order chi connectivity index (χ1) is 9.90. The van der Waals surface area contributed by atoms with E-state index in [2.05, 4.69) is 12.2 Å².